The molecule has 1 aliphatic heterocycles. The summed E-state index contributed by atoms with van der Waals surface area (Å²) in [6, 6.07) is 6.17. The first kappa shape index (κ1) is 13.9. The third-order valence-electron chi connectivity index (χ3n) is 3.82. The van der Waals surface area contributed by atoms with Crippen LogP contribution >= 0.6 is 0 Å². The highest BCUT2D eigenvalue weighted by Gasteiger charge is 2.18. The zero-order valence-corrected chi connectivity index (χ0v) is 12.0. The summed E-state index contributed by atoms with van der Waals surface area (Å²) in [7, 11) is 2.12. The number of benzene rings is 1. The summed E-state index contributed by atoms with van der Waals surface area (Å²) in [6.07, 6.45) is 2.05. The highest BCUT2D eigenvalue weighted by atomic mass is 16.2. The smallest absolute Gasteiger partial charge is 0.319 e. The van der Waals surface area contributed by atoms with Gasteiger partial charge in [-0.1, -0.05) is 6.07 Å². The minimum atomic E-state index is -0.0993. The summed E-state index contributed by atoms with van der Waals surface area (Å²) in [5.74, 6) is 0. The quantitative estimate of drug-likeness (QED) is 0.859. The predicted molar refractivity (Wildman–Crippen MR) is 78.6 cm³/mol. The molecule has 1 aromatic carbocycles. The van der Waals surface area contributed by atoms with E-state index >= 15 is 0 Å². The lowest BCUT2D eigenvalue weighted by Crippen LogP contribution is -2.44. The van der Waals surface area contributed by atoms with Gasteiger partial charge in [0.15, 0.2) is 0 Å². The molecule has 4 nitrogen and oxygen atoms in total. The third-order valence-corrected chi connectivity index (χ3v) is 3.82. The van der Waals surface area contributed by atoms with Gasteiger partial charge < -0.3 is 15.5 Å². The molecular weight excluding hydrogens is 238 g/mol. The summed E-state index contributed by atoms with van der Waals surface area (Å²) < 4.78 is 0. The van der Waals surface area contributed by atoms with Gasteiger partial charge in [0.05, 0.1) is 0 Å². The SMILES string of the molecule is Cc1ccc(NC(=O)NC2CCN(C)CC2)cc1C. The fraction of sp³-hybridized carbons (Fsp3) is 0.533. The topological polar surface area (TPSA) is 44.4 Å². The van der Waals surface area contributed by atoms with E-state index in [0.717, 1.165) is 31.6 Å². The summed E-state index contributed by atoms with van der Waals surface area (Å²) in [4.78, 5) is 14.2. The van der Waals surface area contributed by atoms with Gasteiger partial charge in [0, 0.05) is 11.7 Å². The molecule has 1 saturated heterocycles. The Hall–Kier alpha value is -1.55. The lowest BCUT2D eigenvalue weighted by molar-refractivity contribution is 0.221. The summed E-state index contributed by atoms with van der Waals surface area (Å²) in [5.41, 5.74) is 3.28. The Kier molecular flexibility index (Phi) is 4.43. The molecule has 1 fully saturated rings. The standard InChI is InChI=1S/C15H23N3O/c1-11-4-5-14(10-12(11)2)17-15(19)16-13-6-8-18(3)9-7-13/h4-5,10,13H,6-9H2,1-3H3,(H2,16,17,19). The molecule has 2 rings (SSSR count). The van der Waals surface area contributed by atoms with Crippen molar-refractivity contribution in [2.75, 3.05) is 25.5 Å². The summed E-state index contributed by atoms with van der Waals surface area (Å²) in [6.45, 7) is 6.22. The molecule has 0 radical (unpaired) electrons. The predicted octanol–water partition coefficient (Wildman–Crippen LogP) is 2.52. The largest absolute Gasteiger partial charge is 0.335 e. The van der Waals surface area contributed by atoms with Gasteiger partial charge in [-0.05, 0) is 70.1 Å². The molecule has 1 heterocycles. The lowest BCUT2D eigenvalue weighted by atomic mass is 10.1. The molecule has 0 saturated carbocycles. The van der Waals surface area contributed by atoms with Crippen molar-refractivity contribution in [3.63, 3.8) is 0 Å². The molecular formula is C15H23N3O. The fourth-order valence-corrected chi connectivity index (χ4v) is 2.32. The molecule has 0 aromatic heterocycles. The molecule has 4 heteroatoms. The molecule has 2 N–H and O–H groups in total. The van der Waals surface area contributed by atoms with Gasteiger partial charge in [0.2, 0.25) is 0 Å². The number of nitrogens with zero attached hydrogens (tertiary/aromatic N) is 1. The van der Waals surface area contributed by atoms with E-state index in [4.69, 9.17) is 0 Å². The lowest BCUT2D eigenvalue weighted by Gasteiger charge is -2.29. The van der Waals surface area contributed by atoms with E-state index < -0.39 is 0 Å². The number of amides is 2. The van der Waals surface area contributed by atoms with Crippen molar-refractivity contribution in [1.29, 1.82) is 0 Å². The number of carbonyl (C=O) groups excluding carboxylic acids is 1. The molecule has 19 heavy (non-hydrogen) atoms. The number of hydrogen-bond donors (Lipinski definition) is 2. The second-order valence-corrected chi connectivity index (χ2v) is 5.48. The first-order valence-electron chi connectivity index (χ1n) is 6.88. The van der Waals surface area contributed by atoms with Gasteiger partial charge >= 0.3 is 6.03 Å². The Morgan fingerprint density at radius 3 is 2.53 bits per heavy atom. The van der Waals surface area contributed by atoms with Gasteiger partial charge in [0.1, 0.15) is 0 Å². The minimum absolute atomic E-state index is 0.0993. The average Bonchev–Trinajstić information content (AvgIpc) is 2.37. The molecule has 0 bridgehead atoms. The first-order chi connectivity index (χ1) is 9.04. The maximum absolute atomic E-state index is 11.9. The molecule has 1 aromatic rings. The molecule has 1 aliphatic rings. The van der Waals surface area contributed by atoms with Crippen molar-refractivity contribution in [3.05, 3.63) is 29.3 Å². The van der Waals surface area contributed by atoms with Crippen LogP contribution in [0.2, 0.25) is 0 Å². The van der Waals surface area contributed by atoms with Crippen LogP contribution in [0.1, 0.15) is 24.0 Å². The molecule has 2 amide bonds. The first-order valence-corrected chi connectivity index (χ1v) is 6.88. The van der Waals surface area contributed by atoms with Crippen molar-refractivity contribution in [2.45, 2.75) is 32.7 Å². The fourth-order valence-electron chi connectivity index (χ4n) is 2.32. The van der Waals surface area contributed by atoms with Crippen LogP contribution in [0.15, 0.2) is 18.2 Å². The summed E-state index contributed by atoms with van der Waals surface area (Å²) in [5, 5.41) is 5.95. The van der Waals surface area contributed by atoms with E-state index in [-0.39, 0.29) is 6.03 Å². The van der Waals surface area contributed by atoms with E-state index in [1.54, 1.807) is 0 Å². The molecule has 104 valence electrons. The number of rotatable bonds is 2. The molecule has 0 unspecified atom stereocenters. The monoisotopic (exact) mass is 261 g/mol. The van der Waals surface area contributed by atoms with E-state index in [1.165, 1.54) is 11.1 Å². The summed E-state index contributed by atoms with van der Waals surface area (Å²) >= 11 is 0. The maximum atomic E-state index is 11.9. The number of anilines is 1. The van der Waals surface area contributed by atoms with Gasteiger partial charge in [-0.15, -0.1) is 0 Å². The van der Waals surface area contributed by atoms with Crippen LogP contribution in [0, 0.1) is 13.8 Å². The van der Waals surface area contributed by atoms with E-state index in [1.807, 2.05) is 18.2 Å². The van der Waals surface area contributed by atoms with Crippen LogP contribution in [0.4, 0.5) is 10.5 Å². The van der Waals surface area contributed by atoms with Crippen molar-refractivity contribution < 1.29 is 4.79 Å². The van der Waals surface area contributed by atoms with E-state index in [9.17, 15) is 4.79 Å². The zero-order valence-electron chi connectivity index (χ0n) is 12.0. The van der Waals surface area contributed by atoms with E-state index in [0.29, 0.717) is 6.04 Å². The van der Waals surface area contributed by atoms with Crippen LogP contribution in [-0.4, -0.2) is 37.1 Å². The Labute approximate surface area is 115 Å². The molecule has 0 aliphatic carbocycles. The van der Waals surface area contributed by atoms with Crippen LogP contribution in [-0.2, 0) is 0 Å². The van der Waals surface area contributed by atoms with Gasteiger partial charge in [0.25, 0.3) is 0 Å². The Bertz CT molecular complexity index is 451. The molecule has 0 spiro atoms. The van der Waals surface area contributed by atoms with Crippen LogP contribution in [0.3, 0.4) is 0 Å². The van der Waals surface area contributed by atoms with Crippen molar-refractivity contribution in [3.8, 4) is 0 Å². The minimum Gasteiger partial charge on any atom is -0.335 e. The number of carbonyl (C=O) groups is 1. The number of urea groups is 1. The zero-order chi connectivity index (χ0) is 13.8. The van der Waals surface area contributed by atoms with Crippen molar-refractivity contribution >= 4 is 11.7 Å². The van der Waals surface area contributed by atoms with Gasteiger partial charge in [-0.3, -0.25) is 0 Å². The normalized spacial score (nSPS) is 17.2. The van der Waals surface area contributed by atoms with Crippen molar-refractivity contribution in [1.82, 2.24) is 10.2 Å². The van der Waals surface area contributed by atoms with E-state index in [2.05, 4.69) is 36.4 Å². The Morgan fingerprint density at radius 2 is 1.89 bits per heavy atom. The maximum Gasteiger partial charge on any atom is 0.319 e. The Balaban J connectivity index is 1.85. The van der Waals surface area contributed by atoms with Crippen LogP contribution in [0.25, 0.3) is 0 Å². The highest BCUT2D eigenvalue weighted by Crippen LogP contribution is 2.14. The third kappa shape index (κ3) is 3.96. The number of hydrogen-bond acceptors (Lipinski definition) is 2. The van der Waals surface area contributed by atoms with Gasteiger partial charge in [-0.25, -0.2) is 4.79 Å². The number of nitrogens with one attached hydrogen (secondary N) is 2. The highest BCUT2D eigenvalue weighted by molar-refractivity contribution is 5.89. The van der Waals surface area contributed by atoms with Gasteiger partial charge in [-0.2, -0.15) is 0 Å². The second-order valence-electron chi connectivity index (χ2n) is 5.48. The van der Waals surface area contributed by atoms with Crippen LogP contribution in [0.5, 0.6) is 0 Å². The molecule has 0 atom stereocenters. The number of aryl methyl sites for hydroxylation is 2. The second kappa shape index (κ2) is 6.06. The van der Waals surface area contributed by atoms with Crippen molar-refractivity contribution in [2.24, 2.45) is 0 Å². The Morgan fingerprint density at radius 1 is 1.21 bits per heavy atom. The number of piperidine rings is 1. The average molecular weight is 261 g/mol. The number of likely N-dealkylation sites (tertiary alicyclic amines) is 1. The van der Waals surface area contributed by atoms with Crippen LogP contribution < -0.4 is 10.6 Å².